The smallest absolute Gasteiger partial charge is 0.226 e. The van der Waals surface area contributed by atoms with Crippen LogP contribution >= 0.6 is 0 Å². The summed E-state index contributed by atoms with van der Waals surface area (Å²) < 4.78 is 5.27. The van der Waals surface area contributed by atoms with Crippen LogP contribution in [0.1, 0.15) is 59.2 Å². The zero-order valence-corrected chi connectivity index (χ0v) is 16.7. The van der Waals surface area contributed by atoms with Gasteiger partial charge in [-0.2, -0.15) is 4.98 Å². The van der Waals surface area contributed by atoms with E-state index in [0.29, 0.717) is 37.1 Å². The van der Waals surface area contributed by atoms with Crippen molar-refractivity contribution < 1.29 is 14.1 Å². The largest absolute Gasteiger partial charge is 0.340 e. The van der Waals surface area contributed by atoms with Crippen molar-refractivity contribution >= 4 is 11.8 Å². The van der Waals surface area contributed by atoms with Gasteiger partial charge in [0.1, 0.15) is 0 Å². The van der Waals surface area contributed by atoms with Crippen LogP contribution in [-0.4, -0.2) is 57.4 Å². The number of carbonyl (C=O) groups is 2. The van der Waals surface area contributed by atoms with E-state index < -0.39 is 0 Å². The maximum absolute atomic E-state index is 12.3. The monoisotopic (exact) mass is 364 g/mol. The number of amides is 2. The molecule has 146 valence electrons. The van der Waals surface area contributed by atoms with Gasteiger partial charge in [0, 0.05) is 51.4 Å². The highest BCUT2D eigenvalue weighted by Gasteiger charge is 2.30. The molecule has 0 N–H and O–H groups in total. The Hall–Kier alpha value is -1.92. The molecular weight excluding hydrogens is 332 g/mol. The lowest BCUT2D eigenvalue weighted by molar-refractivity contribution is -0.140. The van der Waals surface area contributed by atoms with Crippen molar-refractivity contribution in [3.63, 3.8) is 0 Å². The minimum Gasteiger partial charge on any atom is -0.340 e. The van der Waals surface area contributed by atoms with Crippen LogP contribution in [0.25, 0.3) is 0 Å². The summed E-state index contributed by atoms with van der Waals surface area (Å²) in [7, 11) is 0. The van der Waals surface area contributed by atoms with Crippen molar-refractivity contribution in [3.8, 4) is 0 Å². The molecule has 7 heteroatoms. The molecule has 0 spiro atoms. The fourth-order valence-electron chi connectivity index (χ4n) is 3.42. The van der Waals surface area contributed by atoms with Crippen molar-refractivity contribution in [2.24, 2.45) is 11.8 Å². The standard InChI is InChI=1S/C19H32N4O3/c1-13(2)11-18-20-17(21-26-18)8-10-23(15(5)24)16-7-6-9-22(12-16)19(25)14(3)4/h13-14,16H,6-12H2,1-5H3. The molecule has 0 aromatic carbocycles. The second-order valence-corrected chi connectivity index (χ2v) is 7.90. The lowest BCUT2D eigenvalue weighted by Gasteiger charge is -2.39. The molecule has 1 aromatic heterocycles. The first-order valence-electron chi connectivity index (χ1n) is 9.65. The molecule has 1 unspecified atom stereocenters. The first-order chi connectivity index (χ1) is 12.3. The maximum atomic E-state index is 12.3. The molecule has 26 heavy (non-hydrogen) atoms. The zero-order valence-electron chi connectivity index (χ0n) is 16.7. The van der Waals surface area contributed by atoms with Crippen molar-refractivity contribution in [2.45, 2.75) is 66.3 Å². The average Bonchev–Trinajstić information content (AvgIpc) is 3.00. The topological polar surface area (TPSA) is 79.5 Å². The number of aromatic nitrogens is 2. The Morgan fingerprint density at radius 1 is 1.31 bits per heavy atom. The summed E-state index contributed by atoms with van der Waals surface area (Å²) in [6.07, 6.45) is 3.17. The Labute approximate surface area is 156 Å². The quantitative estimate of drug-likeness (QED) is 0.742. The SMILES string of the molecule is CC(=O)N(CCc1noc(CC(C)C)n1)C1CCCN(C(=O)C(C)C)C1. The Bertz CT molecular complexity index is 612. The molecule has 7 nitrogen and oxygen atoms in total. The molecule has 0 radical (unpaired) electrons. The van der Waals surface area contributed by atoms with Gasteiger partial charge in [-0.25, -0.2) is 0 Å². The van der Waals surface area contributed by atoms with Gasteiger partial charge in [0.25, 0.3) is 0 Å². The first kappa shape index (κ1) is 20.4. The van der Waals surface area contributed by atoms with Gasteiger partial charge in [-0.3, -0.25) is 9.59 Å². The van der Waals surface area contributed by atoms with Crippen LogP contribution in [0.4, 0.5) is 0 Å². The summed E-state index contributed by atoms with van der Waals surface area (Å²) in [6.45, 7) is 11.6. The minimum atomic E-state index is -0.0155. The number of hydrogen-bond acceptors (Lipinski definition) is 5. The Morgan fingerprint density at radius 3 is 2.65 bits per heavy atom. The van der Waals surface area contributed by atoms with Crippen LogP contribution in [0.15, 0.2) is 4.52 Å². The predicted octanol–water partition coefficient (Wildman–Crippen LogP) is 2.31. The van der Waals surface area contributed by atoms with E-state index in [-0.39, 0.29) is 23.8 Å². The summed E-state index contributed by atoms with van der Waals surface area (Å²) in [5.41, 5.74) is 0. The number of rotatable bonds is 7. The van der Waals surface area contributed by atoms with Gasteiger partial charge in [0.05, 0.1) is 0 Å². The lowest BCUT2D eigenvalue weighted by Crippen LogP contribution is -2.52. The van der Waals surface area contributed by atoms with Gasteiger partial charge >= 0.3 is 0 Å². The molecule has 1 aliphatic heterocycles. The molecule has 1 atom stereocenters. The van der Waals surface area contributed by atoms with Crippen LogP contribution in [0.2, 0.25) is 0 Å². The van der Waals surface area contributed by atoms with E-state index in [1.54, 1.807) is 6.92 Å². The fourth-order valence-corrected chi connectivity index (χ4v) is 3.42. The Balaban J connectivity index is 1.96. The van der Waals surface area contributed by atoms with E-state index in [1.807, 2.05) is 23.6 Å². The van der Waals surface area contributed by atoms with Gasteiger partial charge in [0.15, 0.2) is 5.82 Å². The highest BCUT2D eigenvalue weighted by molar-refractivity contribution is 5.78. The Kier molecular flexibility index (Phi) is 7.17. The van der Waals surface area contributed by atoms with Crippen molar-refractivity contribution in [3.05, 3.63) is 11.7 Å². The zero-order chi connectivity index (χ0) is 19.3. The normalized spacial score (nSPS) is 17.8. The second kappa shape index (κ2) is 9.14. The highest BCUT2D eigenvalue weighted by atomic mass is 16.5. The minimum absolute atomic E-state index is 0.0155. The number of piperidine rings is 1. The molecule has 2 heterocycles. The maximum Gasteiger partial charge on any atom is 0.226 e. The summed E-state index contributed by atoms with van der Waals surface area (Å²) in [6, 6.07) is 0.0611. The van der Waals surface area contributed by atoms with E-state index >= 15 is 0 Å². The van der Waals surface area contributed by atoms with E-state index in [2.05, 4.69) is 24.0 Å². The van der Waals surface area contributed by atoms with Gasteiger partial charge in [-0.05, 0) is 18.8 Å². The third kappa shape index (κ3) is 5.54. The molecule has 0 saturated carbocycles. The van der Waals surface area contributed by atoms with Gasteiger partial charge in [-0.1, -0.05) is 32.9 Å². The second-order valence-electron chi connectivity index (χ2n) is 7.90. The van der Waals surface area contributed by atoms with Crippen LogP contribution in [-0.2, 0) is 22.4 Å². The van der Waals surface area contributed by atoms with Gasteiger partial charge in [-0.15, -0.1) is 0 Å². The fraction of sp³-hybridized carbons (Fsp3) is 0.789. The molecule has 1 aliphatic rings. The Morgan fingerprint density at radius 2 is 2.04 bits per heavy atom. The van der Waals surface area contributed by atoms with E-state index in [4.69, 9.17) is 4.52 Å². The third-order valence-electron chi connectivity index (χ3n) is 4.72. The summed E-state index contributed by atoms with van der Waals surface area (Å²) >= 11 is 0. The van der Waals surface area contributed by atoms with Crippen LogP contribution in [0, 0.1) is 11.8 Å². The highest BCUT2D eigenvalue weighted by Crippen LogP contribution is 2.18. The molecule has 0 aliphatic carbocycles. The van der Waals surface area contributed by atoms with E-state index in [0.717, 1.165) is 25.8 Å². The summed E-state index contributed by atoms with van der Waals surface area (Å²) in [5.74, 6) is 1.92. The molecule has 2 amide bonds. The van der Waals surface area contributed by atoms with Crippen LogP contribution in [0.5, 0.6) is 0 Å². The van der Waals surface area contributed by atoms with Crippen molar-refractivity contribution in [1.82, 2.24) is 19.9 Å². The molecule has 2 rings (SSSR count). The average molecular weight is 364 g/mol. The third-order valence-corrected chi connectivity index (χ3v) is 4.72. The first-order valence-corrected chi connectivity index (χ1v) is 9.65. The van der Waals surface area contributed by atoms with E-state index in [1.165, 1.54) is 0 Å². The van der Waals surface area contributed by atoms with Gasteiger partial charge < -0.3 is 14.3 Å². The summed E-state index contributed by atoms with van der Waals surface area (Å²) in [5, 5.41) is 4.02. The number of carbonyl (C=O) groups excluding carboxylic acids is 2. The molecular formula is C19H32N4O3. The number of nitrogens with zero attached hydrogens (tertiary/aromatic N) is 4. The predicted molar refractivity (Wildman–Crippen MR) is 98.4 cm³/mol. The molecule has 1 aromatic rings. The molecule has 0 bridgehead atoms. The van der Waals surface area contributed by atoms with Crippen molar-refractivity contribution in [1.29, 1.82) is 0 Å². The number of hydrogen-bond donors (Lipinski definition) is 0. The van der Waals surface area contributed by atoms with Crippen LogP contribution < -0.4 is 0 Å². The van der Waals surface area contributed by atoms with Crippen LogP contribution in [0.3, 0.4) is 0 Å². The van der Waals surface area contributed by atoms with E-state index in [9.17, 15) is 9.59 Å². The van der Waals surface area contributed by atoms with Crippen molar-refractivity contribution in [2.75, 3.05) is 19.6 Å². The lowest BCUT2D eigenvalue weighted by atomic mass is 10.0. The number of likely N-dealkylation sites (tertiary alicyclic amines) is 1. The molecule has 1 saturated heterocycles. The molecule has 1 fully saturated rings. The summed E-state index contributed by atoms with van der Waals surface area (Å²) in [4.78, 5) is 32.6. The van der Waals surface area contributed by atoms with Gasteiger partial charge in [0.2, 0.25) is 17.7 Å².